The number of carbonyl (C=O) groups excluding carboxylic acids is 1. The summed E-state index contributed by atoms with van der Waals surface area (Å²) < 4.78 is 16.0. The lowest BCUT2D eigenvalue weighted by atomic mass is 10.1. The number of nitro groups is 1. The van der Waals surface area contributed by atoms with Gasteiger partial charge in [0.1, 0.15) is 5.75 Å². The fourth-order valence-corrected chi connectivity index (χ4v) is 2.70. The Bertz CT molecular complexity index is 667. The van der Waals surface area contributed by atoms with Crippen molar-refractivity contribution in [3.63, 3.8) is 0 Å². The van der Waals surface area contributed by atoms with Crippen molar-refractivity contribution < 1.29 is 23.9 Å². The zero-order valence-electron chi connectivity index (χ0n) is 13.0. The predicted molar refractivity (Wildman–Crippen MR) is 84.4 cm³/mol. The third-order valence-electron chi connectivity index (χ3n) is 3.88. The summed E-state index contributed by atoms with van der Waals surface area (Å²) in [6, 6.07) is 2.80. The van der Waals surface area contributed by atoms with Crippen molar-refractivity contribution in [2.75, 3.05) is 19.9 Å². The number of hydrogen-bond donors (Lipinski definition) is 1. The first-order valence-electron chi connectivity index (χ1n) is 7.73. The molecule has 0 radical (unpaired) electrons. The molecular formula is C16H18N2O6. The minimum absolute atomic E-state index is 0.0633. The number of carbonyl (C=O) groups is 1. The molecule has 0 spiro atoms. The van der Waals surface area contributed by atoms with Crippen molar-refractivity contribution in [2.24, 2.45) is 0 Å². The number of nitrogens with zero attached hydrogens (tertiary/aromatic N) is 1. The Labute approximate surface area is 138 Å². The van der Waals surface area contributed by atoms with Crippen LogP contribution in [-0.2, 0) is 20.9 Å². The Balaban J connectivity index is 1.71. The van der Waals surface area contributed by atoms with Gasteiger partial charge in [-0.05, 0) is 18.9 Å². The summed E-state index contributed by atoms with van der Waals surface area (Å²) in [5.41, 5.74) is 1.01. The monoisotopic (exact) mass is 334 g/mol. The molecule has 128 valence electrons. The van der Waals surface area contributed by atoms with Gasteiger partial charge in [-0.1, -0.05) is 0 Å². The molecule has 0 saturated carbocycles. The van der Waals surface area contributed by atoms with E-state index in [-0.39, 0.29) is 31.1 Å². The van der Waals surface area contributed by atoms with E-state index >= 15 is 0 Å². The van der Waals surface area contributed by atoms with Crippen LogP contribution in [0.4, 0.5) is 5.69 Å². The summed E-state index contributed by atoms with van der Waals surface area (Å²) in [7, 11) is 0. The number of amides is 1. The van der Waals surface area contributed by atoms with Gasteiger partial charge in [-0.25, -0.2) is 0 Å². The van der Waals surface area contributed by atoms with Gasteiger partial charge in [0.05, 0.1) is 17.6 Å². The highest BCUT2D eigenvalue weighted by Gasteiger charge is 2.20. The normalized spacial score (nSPS) is 19.8. The summed E-state index contributed by atoms with van der Waals surface area (Å²) in [6.07, 6.45) is 4.87. The first-order valence-corrected chi connectivity index (χ1v) is 7.73. The summed E-state index contributed by atoms with van der Waals surface area (Å²) >= 11 is 0. The standard InChI is InChI=1S/C16H18N2O6/c19-15(17-8-14-2-1-5-23-14)4-3-11-6-13(18(20)21)7-12-9-22-10-24-16(11)12/h3-4,6-7,14H,1-2,5,8-10H2,(H,17,19)/b4-3-/t14-/m0/s1. The first kappa shape index (κ1) is 16.4. The summed E-state index contributed by atoms with van der Waals surface area (Å²) in [4.78, 5) is 22.5. The van der Waals surface area contributed by atoms with E-state index in [1.807, 2.05) is 0 Å². The second-order valence-electron chi connectivity index (χ2n) is 5.60. The summed E-state index contributed by atoms with van der Waals surface area (Å²) in [6.45, 7) is 1.51. The van der Waals surface area contributed by atoms with Crippen LogP contribution in [0, 0.1) is 10.1 Å². The molecule has 2 heterocycles. The highest BCUT2D eigenvalue weighted by molar-refractivity contribution is 5.92. The van der Waals surface area contributed by atoms with Crippen LogP contribution in [0.5, 0.6) is 5.75 Å². The molecule has 0 aliphatic carbocycles. The molecule has 2 aliphatic heterocycles. The van der Waals surface area contributed by atoms with Gasteiger partial charge in [-0.3, -0.25) is 14.9 Å². The van der Waals surface area contributed by atoms with E-state index in [0.717, 1.165) is 19.4 Å². The van der Waals surface area contributed by atoms with Crippen molar-refractivity contribution in [2.45, 2.75) is 25.6 Å². The summed E-state index contributed by atoms with van der Waals surface area (Å²) in [5.74, 6) is 0.229. The van der Waals surface area contributed by atoms with E-state index in [4.69, 9.17) is 14.2 Å². The Kier molecular flexibility index (Phi) is 5.07. The fourth-order valence-electron chi connectivity index (χ4n) is 2.70. The quantitative estimate of drug-likeness (QED) is 0.500. The number of benzene rings is 1. The maximum Gasteiger partial charge on any atom is 0.270 e. The van der Waals surface area contributed by atoms with Gasteiger partial charge < -0.3 is 19.5 Å². The fraction of sp³-hybridized carbons (Fsp3) is 0.438. The Morgan fingerprint density at radius 1 is 1.46 bits per heavy atom. The zero-order chi connectivity index (χ0) is 16.9. The van der Waals surface area contributed by atoms with Crippen molar-refractivity contribution in [1.29, 1.82) is 0 Å². The lowest BCUT2D eigenvalue weighted by molar-refractivity contribution is -0.385. The van der Waals surface area contributed by atoms with Gasteiger partial charge in [0.25, 0.3) is 5.69 Å². The third-order valence-corrected chi connectivity index (χ3v) is 3.88. The van der Waals surface area contributed by atoms with Crippen LogP contribution in [0.1, 0.15) is 24.0 Å². The molecule has 1 fully saturated rings. The number of fused-ring (bicyclic) bond motifs is 1. The molecule has 3 rings (SSSR count). The Morgan fingerprint density at radius 2 is 2.33 bits per heavy atom. The van der Waals surface area contributed by atoms with Gasteiger partial charge in [0, 0.05) is 42.5 Å². The number of nitro benzene ring substituents is 1. The van der Waals surface area contributed by atoms with Crippen molar-refractivity contribution in [3.05, 3.63) is 39.4 Å². The van der Waals surface area contributed by atoms with Crippen LogP contribution in [0.3, 0.4) is 0 Å². The van der Waals surface area contributed by atoms with E-state index in [1.165, 1.54) is 24.3 Å². The average molecular weight is 334 g/mol. The topological polar surface area (TPSA) is 99.9 Å². The lowest BCUT2D eigenvalue weighted by Crippen LogP contribution is -2.30. The average Bonchev–Trinajstić information content (AvgIpc) is 3.11. The van der Waals surface area contributed by atoms with Crippen LogP contribution >= 0.6 is 0 Å². The van der Waals surface area contributed by atoms with Crippen LogP contribution in [0.15, 0.2) is 18.2 Å². The molecule has 0 unspecified atom stereocenters. The highest BCUT2D eigenvalue weighted by atomic mass is 16.7. The Morgan fingerprint density at radius 3 is 3.08 bits per heavy atom. The van der Waals surface area contributed by atoms with Gasteiger partial charge in [0.2, 0.25) is 5.91 Å². The smallest absolute Gasteiger partial charge is 0.270 e. The predicted octanol–water partition coefficient (Wildman–Crippen LogP) is 1.77. The van der Waals surface area contributed by atoms with Gasteiger partial charge in [0.15, 0.2) is 6.79 Å². The van der Waals surface area contributed by atoms with Crippen LogP contribution in [0.25, 0.3) is 6.08 Å². The SMILES string of the molecule is O=C(/C=C\c1cc([N+](=O)[O-])cc2c1OCOC2)NC[C@@H]1CCCO1. The number of rotatable bonds is 5. The Hall–Kier alpha value is -2.45. The zero-order valence-corrected chi connectivity index (χ0v) is 13.0. The highest BCUT2D eigenvalue weighted by Crippen LogP contribution is 2.33. The maximum absolute atomic E-state index is 11.9. The molecule has 24 heavy (non-hydrogen) atoms. The minimum Gasteiger partial charge on any atom is -0.467 e. The minimum atomic E-state index is -0.482. The van der Waals surface area contributed by atoms with Crippen molar-refractivity contribution >= 4 is 17.7 Å². The largest absolute Gasteiger partial charge is 0.467 e. The molecule has 1 aromatic rings. The summed E-state index contributed by atoms with van der Waals surface area (Å²) in [5, 5.41) is 13.8. The van der Waals surface area contributed by atoms with Crippen LogP contribution in [-0.4, -0.2) is 36.9 Å². The molecule has 8 heteroatoms. The number of nitrogens with one attached hydrogen (secondary N) is 1. The molecule has 1 N–H and O–H groups in total. The third kappa shape index (κ3) is 3.90. The molecule has 1 saturated heterocycles. The maximum atomic E-state index is 11.9. The second-order valence-corrected chi connectivity index (χ2v) is 5.60. The second kappa shape index (κ2) is 7.41. The van der Waals surface area contributed by atoms with E-state index in [9.17, 15) is 14.9 Å². The van der Waals surface area contributed by atoms with E-state index < -0.39 is 4.92 Å². The lowest BCUT2D eigenvalue weighted by Gasteiger charge is -2.19. The molecule has 1 atom stereocenters. The van der Waals surface area contributed by atoms with E-state index in [0.29, 0.717) is 23.4 Å². The van der Waals surface area contributed by atoms with E-state index in [1.54, 1.807) is 0 Å². The van der Waals surface area contributed by atoms with Gasteiger partial charge in [-0.15, -0.1) is 0 Å². The molecule has 2 aliphatic rings. The molecule has 1 aromatic carbocycles. The van der Waals surface area contributed by atoms with Gasteiger partial charge >= 0.3 is 0 Å². The number of hydrogen-bond acceptors (Lipinski definition) is 6. The van der Waals surface area contributed by atoms with Crippen LogP contribution in [0.2, 0.25) is 0 Å². The molecule has 0 aromatic heterocycles. The van der Waals surface area contributed by atoms with Crippen LogP contribution < -0.4 is 10.1 Å². The first-order chi connectivity index (χ1) is 11.6. The molecular weight excluding hydrogens is 316 g/mol. The molecule has 8 nitrogen and oxygen atoms in total. The number of non-ortho nitro benzene ring substituents is 1. The van der Waals surface area contributed by atoms with Crippen molar-refractivity contribution in [1.82, 2.24) is 5.32 Å². The van der Waals surface area contributed by atoms with E-state index in [2.05, 4.69) is 5.32 Å². The number of ether oxygens (including phenoxy) is 3. The van der Waals surface area contributed by atoms with Gasteiger partial charge in [-0.2, -0.15) is 0 Å². The molecule has 1 amide bonds. The van der Waals surface area contributed by atoms with Crippen molar-refractivity contribution in [3.8, 4) is 5.75 Å². The molecule has 0 bridgehead atoms.